The van der Waals surface area contributed by atoms with Gasteiger partial charge in [0.1, 0.15) is 20.9 Å². The largest absolute Gasteiger partial charge is 0.477 e. The Morgan fingerprint density at radius 2 is 0.986 bits per heavy atom. The molecule has 6 aliphatic heterocycles. The number of carboxylic acids is 1. The number of amides is 1. The number of carbonyl (C=O) groups excluding carboxylic acids is 1. The van der Waals surface area contributed by atoms with Gasteiger partial charge >= 0.3 is 5.97 Å². The van der Waals surface area contributed by atoms with E-state index >= 15 is 0 Å². The van der Waals surface area contributed by atoms with E-state index in [2.05, 4.69) is 78.8 Å². The Kier molecular flexibility index (Phi) is 16.1. The Balaban J connectivity index is 0.000000169. The number of allylic oxidation sites excluding steroid dienone is 2. The Morgan fingerprint density at radius 3 is 1.31 bits per heavy atom. The van der Waals surface area contributed by atoms with Gasteiger partial charge in [-0.3, -0.25) is 4.79 Å². The summed E-state index contributed by atoms with van der Waals surface area (Å²) in [4.78, 5) is 47.9. The molecule has 6 aliphatic rings. The van der Waals surface area contributed by atoms with E-state index < -0.39 is 17.0 Å². The molecule has 6 heterocycles. The molecule has 10 rings (SSSR count). The number of carbonyl (C=O) groups is 2. The molecule has 2 fully saturated rings. The molecule has 17 heteroatoms. The summed E-state index contributed by atoms with van der Waals surface area (Å²) < 4.78 is 0. The molecular weight excluding hydrogens is 1010 g/mol. The maximum Gasteiger partial charge on any atom is 0.344 e. The number of aliphatic imine (C=N–C) groups is 2. The molecule has 376 valence electrons. The maximum atomic E-state index is 13.7. The van der Waals surface area contributed by atoms with E-state index in [4.69, 9.17) is 56.4 Å². The van der Waals surface area contributed by atoms with Crippen molar-refractivity contribution in [3.8, 4) is 0 Å². The highest BCUT2D eigenvalue weighted by Gasteiger charge is 2.55. The topological polar surface area (TPSA) is 107 Å². The van der Waals surface area contributed by atoms with Gasteiger partial charge in [-0.1, -0.05) is 123 Å². The molecule has 0 spiro atoms. The molecule has 0 radical (unpaired) electrons. The second-order valence-electron chi connectivity index (χ2n) is 20.0. The van der Waals surface area contributed by atoms with Crippen molar-refractivity contribution >= 4 is 92.1 Å². The van der Waals surface area contributed by atoms with Crippen LogP contribution in [-0.4, -0.2) is 118 Å². The monoisotopic (exact) mass is 1070 g/mol. The SMILES string of the molecule is CC(C)C1=C(C(=O)N(C)C2CN(C)C2)SC2=NC(C)(c3ccc(Cl)cc3)C(c3ccc(Cl)cc3)N21.CC(C)C1=C(C(=O)O)SC2=NC(C)(c3ccc(Cl)cc3)C(c3ccc(Cl)cc3)N21.CNC1CN(C)C1. The van der Waals surface area contributed by atoms with Crippen LogP contribution in [0.4, 0.5) is 0 Å². The number of likely N-dealkylation sites (N-methyl/N-ethyl adjacent to an activating group) is 4. The summed E-state index contributed by atoms with van der Waals surface area (Å²) in [6.07, 6.45) is 0. The number of benzene rings is 4. The lowest BCUT2D eigenvalue weighted by atomic mass is 9.81. The Morgan fingerprint density at radius 1 is 0.634 bits per heavy atom. The Hall–Kier alpha value is -4.02. The molecule has 11 nitrogen and oxygen atoms in total. The zero-order valence-corrected chi connectivity index (χ0v) is 46.4. The molecule has 4 aromatic rings. The first kappa shape index (κ1) is 53.3. The summed E-state index contributed by atoms with van der Waals surface area (Å²) in [7, 11) is 8.15. The normalized spacial score (nSPS) is 24.2. The van der Waals surface area contributed by atoms with Crippen LogP contribution in [0.25, 0.3) is 0 Å². The molecule has 4 unspecified atom stereocenters. The number of halogens is 4. The molecule has 2 saturated heterocycles. The van der Waals surface area contributed by atoms with Crippen LogP contribution in [0.5, 0.6) is 0 Å². The van der Waals surface area contributed by atoms with Gasteiger partial charge in [-0.25, -0.2) is 14.8 Å². The van der Waals surface area contributed by atoms with Crippen LogP contribution in [0, 0.1) is 11.8 Å². The minimum absolute atomic E-state index is 0.0312. The van der Waals surface area contributed by atoms with Crippen LogP contribution in [0.15, 0.2) is 128 Å². The molecule has 0 aromatic heterocycles. The number of hydrogen-bond donors (Lipinski definition) is 2. The van der Waals surface area contributed by atoms with Crippen LogP contribution < -0.4 is 5.32 Å². The fraction of sp³-hybridized carbons (Fsp3) is 0.407. The average Bonchev–Trinajstić information content (AvgIpc) is 4.03. The van der Waals surface area contributed by atoms with Crippen LogP contribution in [0.2, 0.25) is 20.1 Å². The quantitative estimate of drug-likeness (QED) is 0.159. The van der Waals surface area contributed by atoms with Crippen LogP contribution in [0.1, 0.15) is 75.9 Å². The number of fused-ring (bicyclic) bond motifs is 2. The molecule has 4 atom stereocenters. The first-order valence-electron chi connectivity index (χ1n) is 23.8. The minimum atomic E-state index is -0.918. The van der Waals surface area contributed by atoms with Gasteiger partial charge in [-0.2, -0.15) is 0 Å². The maximum absolute atomic E-state index is 13.7. The lowest BCUT2D eigenvalue weighted by Crippen LogP contribution is -2.58. The first-order chi connectivity index (χ1) is 33.6. The fourth-order valence-electron chi connectivity index (χ4n) is 10.2. The van der Waals surface area contributed by atoms with Crippen molar-refractivity contribution in [3.63, 3.8) is 0 Å². The first-order valence-corrected chi connectivity index (χ1v) is 27.0. The second-order valence-corrected chi connectivity index (χ2v) is 23.7. The number of thioether (sulfide) groups is 2. The predicted molar refractivity (Wildman–Crippen MR) is 295 cm³/mol. The van der Waals surface area contributed by atoms with Gasteiger partial charge in [-0.15, -0.1) is 0 Å². The number of amidine groups is 2. The summed E-state index contributed by atoms with van der Waals surface area (Å²) in [6.45, 7) is 16.8. The Bertz CT molecular complexity index is 2760. The third-order valence-electron chi connectivity index (χ3n) is 14.1. The fourth-order valence-corrected chi connectivity index (χ4v) is 13.4. The van der Waals surface area contributed by atoms with Crippen molar-refractivity contribution in [2.24, 2.45) is 21.8 Å². The summed E-state index contributed by atoms with van der Waals surface area (Å²) in [5.41, 5.74) is 4.89. The van der Waals surface area contributed by atoms with Gasteiger partial charge in [0.15, 0.2) is 10.3 Å². The van der Waals surface area contributed by atoms with Crippen molar-refractivity contribution in [1.29, 1.82) is 0 Å². The van der Waals surface area contributed by atoms with Crippen LogP contribution in [-0.2, 0) is 20.7 Å². The third-order valence-corrected chi connectivity index (χ3v) is 17.2. The van der Waals surface area contributed by atoms with E-state index in [1.807, 2.05) is 118 Å². The van der Waals surface area contributed by atoms with E-state index in [1.54, 1.807) is 0 Å². The molecule has 0 aliphatic carbocycles. The predicted octanol–water partition coefficient (Wildman–Crippen LogP) is 11.8. The summed E-state index contributed by atoms with van der Waals surface area (Å²) in [5.74, 6) is -0.659. The molecule has 1 amide bonds. The smallest absolute Gasteiger partial charge is 0.344 e. The number of hydrogen-bond acceptors (Lipinski definition) is 11. The van der Waals surface area contributed by atoms with E-state index in [-0.39, 0.29) is 35.9 Å². The van der Waals surface area contributed by atoms with Crippen molar-refractivity contribution in [1.82, 2.24) is 29.8 Å². The summed E-state index contributed by atoms with van der Waals surface area (Å²) in [6, 6.07) is 32.0. The van der Waals surface area contributed by atoms with Gasteiger partial charge in [0.25, 0.3) is 5.91 Å². The third kappa shape index (κ3) is 10.6. The number of nitrogens with zero attached hydrogens (tertiary/aromatic N) is 7. The molecular formula is C54H62Cl4N8O3S2. The number of aliphatic carboxylic acids is 1. The number of nitrogens with one attached hydrogen (secondary N) is 1. The highest BCUT2D eigenvalue weighted by molar-refractivity contribution is 8.18. The van der Waals surface area contributed by atoms with Gasteiger partial charge < -0.3 is 34.9 Å². The zero-order valence-electron chi connectivity index (χ0n) is 41.8. The standard InChI is InChI=1S/C27H30Cl2N4OS.C22H20Cl2N2O2S.C5H12N2/c1-16(2)22-23(25(34)32(5)21-14-31(4)15-21)35-26-30-27(3,18-8-12-20(29)13-9-18)24(33(22)26)17-6-10-19(28)11-7-17;1-12(2)17-18(20(27)28)29-21-25-22(3,14-6-10-16(24)11-7-14)19(26(17)21)13-4-8-15(23)9-5-13;1-6-5-3-7(2)4-5/h6-13,16,21,24H,14-15H2,1-5H3;4-12,19H,1-3H3,(H,27,28);5-6H,3-4H2,1-2H3. The molecule has 71 heavy (non-hydrogen) atoms. The highest BCUT2D eigenvalue weighted by atomic mass is 35.5. The number of carboxylic acid groups (broad SMARTS) is 1. The Labute approximate surface area is 447 Å². The average molecular weight is 1080 g/mol. The molecule has 4 aromatic carbocycles. The lowest BCUT2D eigenvalue weighted by molar-refractivity contribution is -0.132. The van der Waals surface area contributed by atoms with E-state index in [0.717, 1.165) is 62.9 Å². The minimum Gasteiger partial charge on any atom is -0.477 e. The second kappa shape index (κ2) is 21.4. The van der Waals surface area contributed by atoms with E-state index in [0.29, 0.717) is 30.2 Å². The molecule has 2 N–H and O–H groups in total. The molecule has 0 bridgehead atoms. The summed E-state index contributed by atoms with van der Waals surface area (Å²) >= 11 is 27.4. The number of rotatable bonds is 10. The lowest BCUT2D eigenvalue weighted by Gasteiger charge is -2.42. The van der Waals surface area contributed by atoms with Crippen molar-refractivity contribution < 1.29 is 14.7 Å². The van der Waals surface area contributed by atoms with Gasteiger partial charge in [0.05, 0.1) is 18.1 Å². The summed E-state index contributed by atoms with van der Waals surface area (Å²) in [5, 5.41) is 17.2. The van der Waals surface area contributed by atoms with Crippen molar-refractivity contribution in [2.75, 3.05) is 54.4 Å². The highest BCUT2D eigenvalue weighted by Crippen LogP contribution is 2.58. The van der Waals surface area contributed by atoms with E-state index in [9.17, 15) is 14.7 Å². The number of likely N-dealkylation sites (tertiary alicyclic amines) is 2. The molecule has 0 saturated carbocycles. The van der Waals surface area contributed by atoms with Gasteiger partial charge in [0, 0.05) is 70.8 Å². The zero-order chi connectivity index (χ0) is 51.3. The van der Waals surface area contributed by atoms with Crippen molar-refractivity contribution in [2.45, 2.75) is 76.8 Å². The van der Waals surface area contributed by atoms with Gasteiger partial charge in [-0.05, 0) is 141 Å². The van der Waals surface area contributed by atoms with Gasteiger partial charge in [0.2, 0.25) is 0 Å². The van der Waals surface area contributed by atoms with E-state index in [1.165, 1.54) is 36.6 Å². The van der Waals surface area contributed by atoms with Crippen LogP contribution >= 0.6 is 69.9 Å². The van der Waals surface area contributed by atoms with Crippen molar-refractivity contribution in [3.05, 3.63) is 161 Å². The van der Waals surface area contributed by atoms with Crippen LogP contribution in [0.3, 0.4) is 0 Å².